The Labute approximate surface area is 97.3 Å². The molecule has 2 rings (SSSR count). The van der Waals surface area contributed by atoms with Crippen molar-refractivity contribution in [3.63, 3.8) is 0 Å². The van der Waals surface area contributed by atoms with E-state index in [1.165, 1.54) is 19.3 Å². The average molecular weight is 214 g/mol. The third-order valence-corrected chi connectivity index (χ3v) is 2.91. The Morgan fingerprint density at radius 3 is 2.81 bits per heavy atom. The van der Waals surface area contributed by atoms with Gasteiger partial charge < -0.3 is 4.90 Å². The summed E-state index contributed by atoms with van der Waals surface area (Å²) in [7, 11) is 0. The van der Waals surface area contributed by atoms with E-state index in [2.05, 4.69) is 28.6 Å². The molecule has 1 saturated heterocycles. The number of allylic oxidation sites excluding steroid dienone is 1. The first kappa shape index (κ1) is 10.9. The smallest absolute Gasteiger partial charge is 0.0340 e. The van der Waals surface area contributed by atoms with Crippen LogP contribution in [0.1, 0.15) is 24.8 Å². The fourth-order valence-corrected chi connectivity index (χ4v) is 1.95. The van der Waals surface area contributed by atoms with E-state index in [1.54, 1.807) is 6.20 Å². The first-order chi connectivity index (χ1) is 7.86. The zero-order valence-corrected chi connectivity index (χ0v) is 9.60. The zero-order chi connectivity index (χ0) is 11.2. The number of hydrogen-bond donors (Lipinski definition) is 0. The van der Waals surface area contributed by atoms with Gasteiger partial charge in [-0.1, -0.05) is 18.7 Å². The number of aromatic nitrogens is 1. The summed E-state index contributed by atoms with van der Waals surface area (Å²) in [5.74, 6) is 0. The number of nitrogens with zero attached hydrogens (tertiary/aromatic N) is 2. The van der Waals surface area contributed by atoms with Crippen LogP contribution in [0.15, 0.2) is 42.9 Å². The third-order valence-electron chi connectivity index (χ3n) is 2.91. The molecule has 1 fully saturated rings. The van der Waals surface area contributed by atoms with Crippen LogP contribution in [0.2, 0.25) is 0 Å². The molecule has 2 nitrogen and oxygen atoms in total. The van der Waals surface area contributed by atoms with Gasteiger partial charge in [0.1, 0.15) is 0 Å². The lowest BCUT2D eigenvalue weighted by molar-refractivity contribution is 0.294. The van der Waals surface area contributed by atoms with Gasteiger partial charge in [-0.3, -0.25) is 4.98 Å². The van der Waals surface area contributed by atoms with Crippen molar-refractivity contribution in [3.05, 3.63) is 48.4 Å². The van der Waals surface area contributed by atoms with E-state index in [1.807, 2.05) is 18.3 Å². The first-order valence-corrected chi connectivity index (χ1v) is 5.88. The highest BCUT2D eigenvalue weighted by Gasteiger charge is 2.09. The molecule has 2 heterocycles. The summed E-state index contributed by atoms with van der Waals surface area (Å²) >= 11 is 0. The Bertz CT molecular complexity index is 362. The molecule has 1 aliphatic heterocycles. The van der Waals surface area contributed by atoms with Crippen molar-refractivity contribution in [1.29, 1.82) is 0 Å². The second-order valence-corrected chi connectivity index (χ2v) is 4.16. The normalized spacial score (nSPS) is 16.6. The maximum absolute atomic E-state index is 4.11. The van der Waals surface area contributed by atoms with Crippen molar-refractivity contribution >= 4 is 6.08 Å². The summed E-state index contributed by atoms with van der Waals surface area (Å²) in [4.78, 5) is 6.44. The molecular weight excluding hydrogens is 196 g/mol. The molecule has 0 amide bonds. The molecule has 0 unspecified atom stereocenters. The van der Waals surface area contributed by atoms with Crippen LogP contribution in [0.3, 0.4) is 0 Å². The van der Waals surface area contributed by atoms with Gasteiger partial charge in [0.05, 0.1) is 0 Å². The Kier molecular flexibility index (Phi) is 3.76. The molecule has 0 N–H and O–H groups in total. The van der Waals surface area contributed by atoms with Crippen LogP contribution in [0.4, 0.5) is 0 Å². The molecule has 1 aliphatic rings. The Hall–Kier alpha value is -1.57. The topological polar surface area (TPSA) is 16.1 Å². The molecular formula is C14H18N2. The largest absolute Gasteiger partial charge is 0.372 e. The van der Waals surface area contributed by atoms with Gasteiger partial charge in [0.15, 0.2) is 0 Å². The highest BCUT2D eigenvalue weighted by atomic mass is 15.1. The summed E-state index contributed by atoms with van der Waals surface area (Å²) in [5, 5.41) is 0. The van der Waals surface area contributed by atoms with E-state index in [0.717, 1.165) is 24.4 Å². The minimum atomic E-state index is 1.11. The van der Waals surface area contributed by atoms with Crippen LogP contribution in [0.25, 0.3) is 6.08 Å². The lowest BCUT2D eigenvalue weighted by atomic mass is 10.1. The predicted octanol–water partition coefficient (Wildman–Crippen LogP) is 3.09. The molecule has 84 valence electrons. The van der Waals surface area contributed by atoms with Gasteiger partial charge in [-0.15, -0.1) is 0 Å². The average Bonchev–Trinajstić information content (AvgIpc) is 2.38. The molecule has 1 aromatic heterocycles. The van der Waals surface area contributed by atoms with Crippen LogP contribution in [0, 0.1) is 0 Å². The van der Waals surface area contributed by atoms with E-state index in [-0.39, 0.29) is 0 Å². The standard InChI is InChI=1S/C14H18N2/c1-13(16-10-3-2-4-11-16)7-8-14-6-5-9-15-12-14/h5-9,12H,1-4,10-11H2/b8-7+. The quantitative estimate of drug-likeness (QED) is 0.719. The first-order valence-electron chi connectivity index (χ1n) is 5.88. The van der Waals surface area contributed by atoms with Crippen molar-refractivity contribution in [3.8, 4) is 0 Å². The van der Waals surface area contributed by atoms with Crippen molar-refractivity contribution in [2.75, 3.05) is 13.1 Å². The fraction of sp³-hybridized carbons (Fsp3) is 0.357. The summed E-state index contributed by atoms with van der Waals surface area (Å²) in [6.45, 7) is 6.41. The van der Waals surface area contributed by atoms with Crippen molar-refractivity contribution in [2.45, 2.75) is 19.3 Å². The molecule has 16 heavy (non-hydrogen) atoms. The fourth-order valence-electron chi connectivity index (χ4n) is 1.95. The predicted molar refractivity (Wildman–Crippen MR) is 67.8 cm³/mol. The van der Waals surface area contributed by atoms with Gasteiger partial charge >= 0.3 is 0 Å². The minimum Gasteiger partial charge on any atom is -0.372 e. The monoisotopic (exact) mass is 214 g/mol. The van der Waals surface area contributed by atoms with Crippen LogP contribution in [0.5, 0.6) is 0 Å². The van der Waals surface area contributed by atoms with Gasteiger partial charge in [0.2, 0.25) is 0 Å². The Morgan fingerprint density at radius 1 is 1.31 bits per heavy atom. The maximum atomic E-state index is 4.11. The number of likely N-dealkylation sites (tertiary alicyclic amines) is 1. The number of hydrogen-bond acceptors (Lipinski definition) is 2. The number of rotatable bonds is 3. The second kappa shape index (κ2) is 5.50. The van der Waals surface area contributed by atoms with Gasteiger partial charge in [-0.2, -0.15) is 0 Å². The highest BCUT2D eigenvalue weighted by Crippen LogP contribution is 2.15. The van der Waals surface area contributed by atoms with E-state index in [4.69, 9.17) is 0 Å². The second-order valence-electron chi connectivity index (χ2n) is 4.16. The molecule has 0 saturated carbocycles. The zero-order valence-electron chi connectivity index (χ0n) is 9.60. The Balaban J connectivity index is 1.93. The van der Waals surface area contributed by atoms with Gasteiger partial charge in [-0.05, 0) is 37.0 Å². The van der Waals surface area contributed by atoms with Gasteiger partial charge in [-0.25, -0.2) is 0 Å². The van der Waals surface area contributed by atoms with E-state index >= 15 is 0 Å². The van der Waals surface area contributed by atoms with Crippen molar-refractivity contribution in [1.82, 2.24) is 9.88 Å². The molecule has 0 bridgehead atoms. The SMILES string of the molecule is C=C(/C=C/c1cccnc1)N1CCCCC1. The van der Waals surface area contributed by atoms with Crippen LogP contribution in [-0.2, 0) is 0 Å². The Morgan fingerprint density at radius 2 is 2.12 bits per heavy atom. The summed E-state index contributed by atoms with van der Waals surface area (Å²) < 4.78 is 0. The molecule has 0 radical (unpaired) electrons. The summed E-state index contributed by atoms with van der Waals surface area (Å²) in [6.07, 6.45) is 11.7. The summed E-state index contributed by atoms with van der Waals surface area (Å²) in [5.41, 5.74) is 2.24. The molecule has 0 aliphatic carbocycles. The molecule has 2 heteroatoms. The number of pyridine rings is 1. The summed E-state index contributed by atoms with van der Waals surface area (Å²) in [6, 6.07) is 4.00. The highest BCUT2D eigenvalue weighted by molar-refractivity contribution is 5.50. The van der Waals surface area contributed by atoms with Gasteiger partial charge in [0, 0.05) is 31.2 Å². The molecule has 0 aromatic carbocycles. The third kappa shape index (κ3) is 2.96. The lowest BCUT2D eigenvalue weighted by Crippen LogP contribution is -2.27. The van der Waals surface area contributed by atoms with E-state index in [0.29, 0.717) is 0 Å². The number of piperidine rings is 1. The molecule has 0 atom stereocenters. The van der Waals surface area contributed by atoms with Crippen molar-refractivity contribution < 1.29 is 0 Å². The van der Waals surface area contributed by atoms with E-state index in [9.17, 15) is 0 Å². The minimum absolute atomic E-state index is 1.11. The van der Waals surface area contributed by atoms with E-state index < -0.39 is 0 Å². The maximum Gasteiger partial charge on any atom is 0.0340 e. The molecule has 1 aromatic rings. The van der Waals surface area contributed by atoms with Gasteiger partial charge in [0.25, 0.3) is 0 Å². The molecule has 0 spiro atoms. The van der Waals surface area contributed by atoms with Crippen LogP contribution >= 0.6 is 0 Å². The van der Waals surface area contributed by atoms with Crippen molar-refractivity contribution in [2.24, 2.45) is 0 Å². The lowest BCUT2D eigenvalue weighted by Gasteiger charge is -2.28. The van der Waals surface area contributed by atoms with Crippen LogP contribution < -0.4 is 0 Å². The van der Waals surface area contributed by atoms with Crippen LogP contribution in [-0.4, -0.2) is 23.0 Å².